The normalized spacial score (nSPS) is 17.6. The number of carbonyl (C=O) groups excluding carboxylic acids is 1. The van der Waals surface area contributed by atoms with Gasteiger partial charge in [0.15, 0.2) is 5.82 Å². The van der Waals surface area contributed by atoms with Crippen LogP contribution in [0.2, 0.25) is 0 Å². The van der Waals surface area contributed by atoms with Gasteiger partial charge in [-0.15, -0.1) is 11.8 Å². The molecule has 0 spiro atoms. The van der Waals surface area contributed by atoms with Gasteiger partial charge in [0.05, 0.1) is 11.6 Å². The number of nitriles is 1. The Labute approximate surface area is 119 Å². The second kappa shape index (κ2) is 5.75. The molecule has 0 radical (unpaired) electrons. The van der Waals surface area contributed by atoms with Gasteiger partial charge in [0.2, 0.25) is 5.95 Å². The Balaban J connectivity index is 2.13. The van der Waals surface area contributed by atoms with Crippen LogP contribution in [0.15, 0.2) is 12.3 Å². The minimum atomic E-state index is -1.27. The molecule has 1 aromatic heterocycles. The number of hydrogen-bond acceptors (Lipinski definition) is 4. The molecule has 1 amide bonds. The van der Waals surface area contributed by atoms with Crippen molar-refractivity contribution in [2.24, 2.45) is 0 Å². The lowest BCUT2D eigenvalue weighted by Crippen LogP contribution is -2.44. The average Bonchev–Trinajstić information content (AvgIpc) is 2.49. The number of piperidine rings is 1. The number of rotatable bonds is 2. The van der Waals surface area contributed by atoms with E-state index in [-0.39, 0.29) is 5.56 Å². The largest absolute Gasteiger partial charge is 0.338 e. The smallest absolute Gasteiger partial charge is 0.257 e. The van der Waals surface area contributed by atoms with Crippen molar-refractivity contribution < 1.29 is 13.6 Å². The standard InChI is InChI=1S/C13H13F2N3OS/c1-20-13(8-16)3-6-18(7-4-13)12(19)9-2-5-17-11(15)10(9)14/h2,5H,3-4,6-7H2,1H3. The van der Waals surface area contributed by atoms with Crippen molar-refractivity contribution >= 4 is 17.7 Å². The first-order chi connectivity index (χ1) is 9.53. The molecule has 0 atom stereocenters. The number of carbonyl (C=O) groups is 1. The lowest BCUT2D eigenvalue weighted by Gasteiger charge is -2.36. The maximum Gasteiger partial charge on any atom is 0.257 e. The zero-order chi connectivity index (χ0) is 14.8. The molecule has 0 N–H and O–H groups in total. The monoisotopic (exact) mass is 297 g/mol. The topological polar surface area (TPSA) is 57.0 Å². The van der Waals surface area contributed by atoms with Crippen molar-refractivity contribution in [2.75, 3.05) is 19.3 Å². The molecule has 7 heteroatoms. The number of likely N-dealkylation sites (tertiary alicyclic amines) is 1. The summed E-state index contributed by atoms with van der Waals surface area (Å²) < 4.78 is 26.1. The van der Waals surface area contributed by atoms with E-state index >= 15 is 0 Å². The summed E-state index contributed by atoms with van der Waals surface area (Å²) in [4.78, 5) is 16.8. The van der Waals surface area contributed by atoms with Gasteiger partial charge in [0.25, 0.3) is 5.91 Å². The van der Waals surface area contributed by atoms with Gasteiger partial charge in [-0.2, -0.15) is 9.65 Å². The van der Waals surface area contributed by atoms with Gasteiger partial charge in [-0.05, 0) is 25.2 Å². The third kappa shape index (κ3) is 2.61. The Hall–Kier alpha value is -1.68. The molecule has 1 aliphatic heterocycles. The molecule has 1 saturated heterocycles. The molecule has 1 aromatic rings. The van der Waals surface area contributed by atoms with E-state index in [1.165, 1.54) is 22.7 Å². The summed E-state index contributed by atoms with van der Waals surface area (Å²) in [5.74, 6) is -3.06. The summed E-state index contributed by atoms with van der Waals surface area (Å²) in [5, 5.41) is 9.17. The van der Waals surface area contributed by atoms with Crippen LogP contribution < -0.4 is 0 Å². The lowest BCUT2D eigenvalue weighted by atomic mass is 9.96. The van der Waals surface area contributed by atoms with Crippen LogP contribution in [-0.2, 0) is 0 Å². The molecule has 2 heterocycles. The number of amides is 1. The van der Waals surface area contributed by atoms with Gasteiger partial charge in [-0.1, -0.05) is 0 Å². The Kier molecular flexibility index (Phi) is 4.23. The molecule has 0 aliphatic carbocycles. The molecule has 1 fully saturated rings. The minimum Gasteiger partial charge on any atom is -0.338 e. The van der Waals surface area contributed by atoms with Crippen LogP contribution in [0.25, 0.3) is 0 Å². The highest BCUT2D eigenvalue weighted by molar-refractivity contribution is 8.00. The van der Waals surface area contributed by atoms with Crippen molar-refractivity contribution in [3.8, 4) is 6.07 Å². The first-order valence-corrected chi connectivity index (χ1v) is 7.31. The molecule has 1 aliphatic rings. The maximum atomic E-state index is 13.5. The zero-order valence-electron chi connectivity index (χ0n) is 10.9. The highest BCUT2D eigenvalue weighted by Gasteiger charge is 2.36. The average molecular weight is 297 g/mol. The summed E-state index contributed by atoms with van der Waals surface area (Å²) in [5.41, 5.74) is -0.314. The number of pyridine rings is 1. The summed E-state index contributed by atoms with van der Waals surface area (Å²) in [6.45, 7) is 0.716. The SMILES string of the molecule is CSC1(C#N)CCN(C(=O)c2ccnc(F)c2F)CC1. The van der Waals surface area contributed by atoms with E-state index in [0.717, 1.165) is 6.20 Å². The Bertz CT molecular complexity index is 565. The summed E-state index contributed by atoms with van der Waals surface area (Å²) >= 11 is 1.47. The number of thioether (sulfide) groups is 1. The Morgan fingerprint density at radius 1 is 1.50 bits per heavy atom. The fourth-order valence-corrected chi connectivity index (χ4v) is 2.87. The number of halogens is 2. The molecular weight excluding hydrogens is 284 g/mol. The van der Waals surface area contributed by atoms with Gasteiger partial charge in [-0.3, -0.25) is 4.79 Å². The molecule has 0 saturated carbocycles. The fraction of sp³-hybridized carbons (Fsp3) is 0.462. The minimum absolute atomic E-state index is 0.314. The summed E-state index contributed by atoms with van der Waals surface area (Å²) in [6, 6.07) is 3.44. The van der Waals surface area contributed by atoms with Crippen molar-refractivity contribution in [1.29, 1.82) is 5.26 Å². The van der Waals surface area contributed by atoms with E-state index in [1.54, 1.807) is 0 Å². The van der Waals surface area contributed by atoms with Gasteiger partial charge in [0.1, 0.15) is 4.75 Å². The lowest BCUT2D eigenvalue weighted by molar-refractivity contribution is 0.0710. The summed E-state index contributed by atoms with van der Waals surface area (Å²) in [6.07, 6.45) is 3.97. The van der Waals surface area contributed by atoms with Crippen LogP contribution in [0, 0.1) is 23.1 Å². The van der Waals surface area contributed by atoms with Gasteiger partial charge >= 0.3 is 0 Å². The van der Waals surface area contributed by atoms with Crippen molar-refractivity contribution in [3.05, 3.63) is 29.6 Å². The van der Waals surface area contributed by atoms with E-state index in [2.05, 4.69) is 11.1 Å². The van der Waals surface area contributed by atoms with Crippen LogP contribution >= 0.6 is 11.8 Å². The first-order valence-electron chi connectivity index (χ1n) is 6.09. The Morgan fingerprint density at radius 3 is 2.70 bits per heavy atom. The Morgan fingerprint density at radius 2 is 2.15 bits per heavy atom. The highest BCUT2D eigenvalue weighted by Crippen LogP contribution is 2.34. The van der Waals surface area contributed by atoms with Crippen LogP contribution in [0.5, 0.6) is 0 Å². The third-order valence-electron chi connectivity index (χ3n) is 3.53. The molecule has 2 rings (SSSR count). The van der Waals surface area contributed by atoms with E-state index < -0.39 is 22.4 Å². The van der Waals surface area contributed by atoms with Crippen molar-refractivity contribution in [1.82, 2.24) is 9.88 Å². The third-order valence-corrected chi connectivity index (χ3v) is 4.81. The molecule has 20 heavy (non-hydrogen) atoms. The molecular formula is C13H13F2N3OS. The highest BCUT2D eigenvalue weighted by atomic mass is 32.2. The van der Waals surface area contributed by atoms with Gasteiger partial charge in [-0.25, -0.2) is 9.37 Å². The summed E-state index contributed by atoms with van der Waals surface area (Å²) in [7, 11) is 0. The van der Waals surface area contributed by atoms with Gasteiger partial charge < -0.3 is 4.90 Å². The van der Waals surface area contributed by atoms with E-state index in [9.17, 15) is 18.8 Å². The van der Waals surface area contributed by atoms with Crippen LogP contribution in [0.4, 0.5) is 8.78 Å². The van der Waals surface area contributed by atoms with Crippen molar-refractivity contribution in [2.45, 2.75) is 17.6 Å². The van der Waals surface area contributed by atoms with Crippen LogP contribution in [0.3, 0.4) is 0 Å². The predicted molar refractivity (Wildman–Crippen MR) is 71.1 cm³/mol. The quantitative estimate of drug-likeness (QED) is 0.785. The van der Waals surface area contributed by atoms with E-state index in [0.29, 0.717) is 25.9 Å². The van der Waals surface area contributed by atoms with Crippen LogP contribution in [0.1, 0.15) is 23.2 Å². The number of hydrogen-bond donors (Lipinski definition) is 0. The first kappa shape index (κ1) is 14.7. The number of nitrogens with zero attached hydrogens (tertiary/aromatic N) is 3. The van der Waals surface area contributed by atoms with E-state index in [4.69, 9.17) is 0 Å². The van der Waals surface area contributed by atoms with E-state index in [1.807, 2.05) is 6.26 Å². The second-order valence-corrected chi connectivity index (χ2v) is 5.76. The van der Waals surface area contributed by atoms with Gasteiger partial charge in [0, 0.05) is 19.3 Å². The molecule has 0 aromatic carbocycles. The fourth-order valence-electron chi connectivity index (χ4n) is 2.19. The zero-order valence-corrected chi connectivity index (χ0v) is 11.7. The molecule has 106 valence electrons. The number of aromatic nitrogens is 1. The second-order valence-electron chi connectivity index (χ2n) is 4.57. The van der Waals surface area contributed by atoms with Crippen LogP contribution in [-0.4, -0.2) is 39.9 Å². The molecule has 4 nitrogen and oxygen atoms in total. The maximum absolute atomic E-state index is 13.5. The van der Waals surface area contributed by atoms with Crippen molar-refractivity contribution in [3.63, 3.8) is 0 Å². The predicted octanol–water partition coefficient (Wildman–Crippen LogP) is 2.22. The molecule has 0 bridgehead atoms. The molecule has 0 unspecified atom stereocenters.